The van der Waals surface area contributed by atoms with Gasteiger partial charge >= 0.3 is 11.9 Å². The van der Waals surface area contributed by atoms with Crippen molar-refractivity contribution in [2.24, 2.45) is 0 Å². The third-order valence-electron chi connectivity index (χ3n) is 2.35. The van der Waals surface area contributed by atoms with Crippen molar-refractivity contribution < 1.29 is 24.9 Å². The summed E-state index contributed by atoms with van der Waals surface area (Å²) in [5.41, 5.74) is 0. The minimum atomic E-state index is -1.06. The van der Waals surface area contributed by atoms with E-state index in [1.165, 1.54) is 6.08 Å². The Hall–Kier alpha value is -1.36. The second kappa shape index (κ2) is 9.84. The van der Waals surface area contributed by atoms with Gasteiger partial charge in [-0.25, -0.2) is 4.79 Å². The van der Waals surface area contributed by atoms with Crippen LogP contribution in [-0.4, -0.2) is 33.4 Å². The number of carboxylic acids is 2. The Bertz CT molecular complexity index is 260. The molecule has 0 unspecified atom stereocenters. The van der Waals surface area contributed by atoms with E-state index in [0.29, 0.717) is 12.8 Å². The Morgan fingerprint density at radius 3 is 2.18 bits per heavy atom. The zero-order valence-corrected chi connectivity index (χ0v) is 9.84. The molecule has 0 bridgehead atoms. The van der Waals surface area contributed by atoms with Gasteiger partial charge in [-0.3, -0.25) is 4.79 Å². The molecule has 0 aromatic carbocycles. The van der Waals surface area contributed by atoms with Gasteiger partial charge in [0.2, 0.25) is 0 Å². The summed E-state index contributed by atoms with van der Waals surface area (Å²) in [5.74, 6) is -1.82. The molecule has 0 aliphatic heterocycles. The van der Waals surface area contributed by atoms with E-state index in [4.69, 9.17) is 10.2 Å². The minimum absolute atomic E-state index is 0.212. The van der Waals surface area contributed by atoms with Gasteiger partial charge in [-0.1, -0.05) is 25.7 Å². The fourth-order valence-electron chi connectivity index (χ4n) is 1.45. The van der Waals surface area contributed by atoms with Crippen LogP contribution in [0.25, 0.3) is 0 Å². The average Bonchev–Trinajstić information content (AvgIpc) is 2.24. The van der Waals surface area contributed by atoms with Crippen molar-refractivity contribution in [2.45, 2.75) is 51.0 Å². The first-order valence-corrected chi connectivity index (χ1v) is 5.83. The molecule has 0 aliphatic rings. The van der Waals surface area contributed by atoms with E-state index in [-0.39, 0.29) is 6.42 Å². The van der Waals surface area contributed by atoms with E-state index in [1.54, 1.807) is 0 Å². The van der Waals surface area contributed by atoms with Gasteiger partial charge in [-0.2, -0.15) is 0 Å². The van der Waals surface area contributed by atoms with E-state index in [2.05, 4.69) is 0 Å². The molecule has 0 amide bonds. The Labute approximate surface area is 101 Å². The molecule has 0 heterocycles. The number of rotatable bonds is 10. The van der Waals surface area contributed by atoms with Gasteiger partial charge in [0.1, 0.15) is 0 Å². The third-order valence-corrected chi connectivity index (χ3v) is 2.35. The van der Waals surface area contributed by atoms with E-state index < -0.39 is 18.0 Å². The van der Waals surface area contributed by atoms with Gasteiger partial charge in [0.05, 0.1) is 6.10 Å². The summed E-state index contributed by atoms with van der Waals surface area (Å²) in [6, 6.07) is 0. The van der Waals surface area contributed by atoms with Gasteiger partial charge in [-0.05, 0) is 18.9 Å². The molecule has 0 aromatic rings. The zero-order chi connectivity index (χ0) is 13.1. The number of hydrogen-bond donors (Lipinski definition) is 3. The van der Waals surface area contributed by atoms with Crippen molar-refractivity contribution in [1.29, 1.82) is 0 Å². The van der Waals surface area contributed by atoms with Gasteiger partial charge in [0.15, 0.2) is 0 Å². The highest BCUT2D eigenvalue weighted by molar-refractivity contribution is 5.79. The predicted octanol–water partition coefficient (Wildman–Crippen LogP) is 1.80. The normalized spacial score (nSPS) is 12.8. The van der Waals surface area contributed by atoms with Crippen LogP contribution >= 0.6 is 0 Å². The third kappa shape index (κ3) is 12.6. The summed E-state index contributed by atoms with van der Waals surface area (Å²) in [4.78, 5) is 20.4. The van der Waals surface area contributed by atoms with Crippen LogP contribution < -0.4 is 0 Å². The molecule has 17 heavy (non-hydrogen) atoms. The molecule has 1 atom stereocenters. The lowest BCUT2D eigenvalue weighted by Gasteiger charge is -2.04. The maximum absolute atomic E-state index is 10.2. The van der Waals surface area contributed by atoms with E-state index >= 15 is 0 Å². The van der Waals surface area contributed by atoms with E-state index in [9.17, 15) is 14.7 Å². The summed E-state index contributed by atoms with van der Waals surface area (Å²) in [6.45, 7) is 0. The maximum atomic E-state index is 10.2. The van der Waals surface area contributed by atoms with Gasteiger partial charge < -0.3 is 15.3 Å². The van der Waals surface area contributed by atoms with Crippen molar-refractivity contribution in [1.82, 2.24) is 0 Å². The summed E-state index contributed by atoms with van der Waals surface area (Å²) in [5, 5.41) is 26.1. The number of carboxylic acid groups (broad SMARTS) is 2. The Morgan fingerprint density at radius 1 is 1.00 bits per heavy atom. The van der Waals surface area contributed by atoms with Gasteiger partial charge in [0.25, 0.3) is 0 Å². The van der Waals surface area contributed by atoms with Crippen molar-refractivity contribution in [3.63, 3.8) is 0 Å². The molecule has 0 spiro atoms. The van der Waals surface area contributed by atoms with Crippen LogP contribution in [0.3, 0.4) is 0 Å². The van der Waals surface area contributed by atoms with Gasteiger partial charge in [-0.15, -0.1) is 0 Å². The topological polar surface area (TPSA) is 94.8 Å². The number of aliphatic carboxylic acids is 2. The maximum Gasteiger partial charge on any atom is 0.328 e. The molecule has 0 saturated carbocycles. The number of hydrogen-bond acceptors (Lipinski definition) is 3. The largest absolute Gasteiger partial charge is 0.481 e. The lowest BCUT2D eigenvalue weighted by atomic mass is 10.1. The summed E-state index contributed by atoms with van der Waals surface area (Å²) in [7, 11) is 0. The lowest BCUT2D eigenvalue weighted by Crippen LogP contribution is -2.03. The van der Waals surface area contributed by atoms with Crippen LogP contribution in [0.4, 0.5) is 0 Å². The molecule has 98 valence electrons. The first-order chi connectivity index (χ1) is 8.02. The Balaban J connectivity index is 3.33. The predicted molar refractivity (Wildman–Crippen MR) is 62.7 cm³/mol. The molecular weight excluding hydrogens is 224 g/mol. The molecular formula is C12H20O5. The highest BCUT2D eigenvalue weighted by Crippen LogP contribution is 2.09. The minimum Gasteiger partial charge on any atom is -0.481 e. The lowest BCUT2D eigenvalue weighted by molar-refractivity contribution is -0.137. The second-order valence-electron chi connectivity index (χ2n) is 3.96. The number of aliphatic hydroxyl groups excluding tert-OH is 1. The van der Waals surface area contributed by atoms with Crippen LogP contribution in [0.1, 0.15) is 44.9 Å². The fourth-order valence-corrected chi connectivity index (χ4v) is 1.45. The molecule has 0 radical (unpaired) electrons. The van der Waals surface area contributed by atoms with Gasteiger partial charge in [0, 0.05) is 12.5 Å². The molecule has 0 saturated heterocycles. The van der Waals surface area contributed by atoms with E-state index in [0.717, 1.165) is 31.8 Å². The second-order valence-corrected chi connectivity index (χ2v) is 3.96. The Kier molecular flexibility index (Phi) is 9.05. The summed E-state index contributed by atoms with van der Waals surface area (Å²) < 4.78 is 0. The molecule has 0 rings (SSSR count). The van der Waals surface area contributed by atoms with Crippen LogP contribution in [0.15, 0.2) is 12.2 Å². The first kappa shape index (κ1) is 15.6. The summed E-state index contributed by atoms with van der Waals surface area (Å²) in [6.07, 6.45) is 6.53. The van der Waals surface area contributed by atoms with Crippen molar-refractivity contribution in [2.75, 3.05) is 0 Å². The van der Waals surface area contributed by atoms with E-state index in [1.807, 2.05) is 0 Å². The average molecular weight is 244 g/mol. The number of unbranched alkanes of at least 4 members (excludes halogenated alkanes) is 4. The Morgan fingerprint density at radius 2 is 1.59 bits per heavy atom. The van der Waals surface area contributed by atoms with Crippen LogP contribution in [0.5, 0.6) is 0 Å². The molecule has 3 N–H and O–H groups in total. The monoisotopic (exact) mass is 244 g/mol. The molecule has 5 heteroatoms. The molecule has 0 aromatic heterocycles. The molecule has 0 fully saturated rings. The first-order valence-electron chi connectivity index (χ1n) is 5.83. The highest BCUT2D eigenvalue weighted by Gasteiger charge is 2.00. The summed E-state index contributed by atoms with van der Waals surface area (Å²) >= 11 is 0. The SMILES string of the molecule is O=C(O)/C=C/[C@H](O)CCCCCCCC(=O)O. The van der Waals surface area contributed by atoms with Crippen molar-refractivity contribution in [3.8, 4) is 0 Å². The standard InChI is InChI=1S/C12H20O5/c13-10(8-9-12(16)17)6-4-2-1-3-5-7-11(14)15/h8-10,13H,1-7H2,(H,14,15)(H,16,17)/b9-8+/t10-/m1/s1. The number of aliphatic hydroxyl groups is 1. The van der Waals surface area contributed by atoms with Crippen LogP contribution in [-0.2, 0) is 9.59 Å². The molecule has 5 nitrogen and oxygen atoms in total. The number of carbonyl (C=O) groups is 2. The van der Waals surface area contributed by atoms with Crippen molar-refractivity contribution in [3.05, 3.63) is 12.2 Å². The zero-order valence-electron chi connectivity index (χ0n) is 9.84. The van der Waals surface area contributed by atoms with Crippen molar-refractivity contribution >= 4 is 11.9 Å². The smallest absolute Gasteiger partial charge is 0.328 e. The molecule has 0 aliphatic carbocycles. The highest BCUT2D eigenvalue weighted by atomic mass is 16.4. The quantitative estimate of drug-likeness (QED) is 0.402. The van der Waals surface area contributed by atoms with Crippen LogP contribution in [0.2, 0.25) is 0 Å². The fraction of sp³-hybridized carbons (Fsp3) is 0.667. The van der Waals surface area contributed by atoms with Crippen LogP contribution in [0, 0.1) is 0 Å².